The van der Waals surface area contributed by atoms with Gasteiger partial charge in [0.1, 0.15) is 5.82 Å². The summed E-state index contributed by atoms with van der Waals surface area (Å²) in [5.74, 6) is -0.910. The molecule has 0 bridgehead atoms. The molecule has 92 valence electrons. The molecule has 1 aliphatic rings. The van der Waals surface area contributed by atoms with Crippen LogP contribution in [0.2, 0.25) is 0 Å². The van der Waals surface area contributed by atoms with Crippen LogP contribution in [0.25, 0.3) is 0 Å². The highest BCUT2D eigenvalue weighted by molar-refractivity contribution is 5.99. The first-order valence-corrected chi connectivity index (χ1v) is 4.70. The number of halogens is 4. The lowest BCUT2D eigenvalue weighted by Gasteiger charge is -2.08. The summed E-state index contributed by atoms with van der Waals surface area (Å²) in [6.45, 7) is 1.67. The van der Waals surface area contributed by atoms with Gasteiger partial charge in [0, 0.05) is 0 Å². The summed E-state index contributed by atoms with van der Waals surface area (Å²) in [6.07, 6.45) is -6.91. The van der Waals surface area contributed by atoms with Crippen molar-refractivity contribution in [3.05, 3.63) is 35.1 Å². The van der Waals surface area contributed by atoms with Gasteiger partial charge in [-0.1, -0.05) is 6.07 Å². The van der Waals surface area contributed by atoms with Crippen LogP contribution >= 0.6 is 0 Å². The second-order valence-corrected chi connectivity index (χ2v) is 3.57. The summed E-state index contributed by atoms with van der Waals surface area (Å²) in [4.78, 5) is 7.46. The van der Waals surface area contributed by atoms with Crippen molar-refractivity contribution >= 4 is 5.84 Å². The number of amidine groups is 1. The molecule has 2 rings (SSSR count). The van der Waals surface area contributed by atoms with E-state index in [2.05, 4.69) is 9.83 Å². The zero-order valence-corrected chi connectivity index (χ0v) is 8.68. The molecule has 0 aromatic heterocycles. The first-order valence-electron chi connectivity index (χ1n) is 4.70. The lowest BCUT2D eigenvalue weighted by Crippen LogP contribution is -2.29. The zero-order valence-electron chi connectivity index (χ0n) is 8.68. The summed E-state index contributed by atoms with van der Waals surface area (Å²) in [6, 6.07) is 4.13. The first kappa shape index (κ1) is 11.8. The van der Waals surface area contributed by atoms with Crippen LogP contribution in [0.4, 0.5) is 17.6 Å². The maximum atomic E-state index is 13.5. The van der Waals surface area contributed by atoms with E-state index in [-0.39, 0.29) is 11.4 Å². The van der Waals surface area contributed by atoms with E-state index in [0.29, 0.717) is 5.56 Å². The summed E-state index contributed by atoms with van der Waals surface area (Å²) in [7, 11) is 0. The number of hydroxylamine groups is 1. The smallest absolute Gasteiger partial charge is 0.246 e. The molecule has 0 aliphatic carbocycles. The Bertz CT molecular complexity index is 470. The van der Waals surface area contributed by atoms with E-state index in [1.54, 1.807) is 13.0 Å². The van der Waals surface area contributed by atoms with Gasteiger partial charge < -0.3 is 0 Å². The van der Waals surface area contributed by atoms with Crippen LogP contribution in [0, 0.1) is 12.7 Å². The SMILES string of the molecule is Cc1ccc(C2=NC(C(F)(F)F)ON2)c(F)c1. The highest BCUT2D eigenvalue weighted by Crippen LogP contribution is 2.26. The molecule has 1 unspecified atom stereocenters. The van der Waals surface area contributed by atoms with Gasteiger partial charge in [-0.25, -0.2) is 19.7 Å². The fraction of sp³-hybridized carbons (Fsp3) is 0.300. The van der Waals surface area contributed by atoms with Gasteiger partial charge in [0.05, 0.1) is 5.56 Å². The fourth-order valence-electron chi connectivity index (χ4n) is 1.36. The minimum atomic E-state index is -4.62. The number of nitrogens with one attached hydrogen (secondary N) is 1. The minimum Gasteiger partial charge on any atom is -0.246 e. The topological polar surface area (TPSA) is 33.6 Å². The summed E-state index contributed by atoms with van der Waals surface area (Å²) in [5.41, 5.74) is 2.59. The standard InChI is InChI=1S/C10H8F4N2O/c1-5-2-3-6(7(11)4-5)8-15-9(17-16-8)10(12,13)14/h2-4,9H,1H3,(H,15,16). The number of hydrogen-bond acceptors (Lipinski definition) is 3. The Morgan fingerprint density at radius 3 is 2.59 bits per heavy atom. The molecule has 1 aliphatic heterocycles. The molecule has 1 aromatic carbocycles. The van der Waals surface area contributed by atoms with Crippen LogP contribution in [0.3, 0.4) is 0 Å². The van der Waals surface area contributed by atoms with Gasteiger partial charge in [-0.2, -0.15) is 13.2 Å². The molecule has 1 heterocycles. The van der Waals surface area contributed by atoms with E-state index in [0.717, 1.165) is 0 Å². The molecule has 0 fully saturated rings. The number of aryl methyl sites for hydroxylation is 1. The summed E-state index contributed by atoms with van der Waals surface area (Å²) >= 11 is 0. The largest absolute Gasteiger partial charge is 0.437 e. The van der Waals surface area contributed by atoms with E-state index in [4.69, 9.17) is 0 Å². The third-order valence-corrected chi connectivity index (χ3v) is 2.17. The Morgan fingerprint density at radius 1 is 1.35 bits per heavy atom. The molecule has 0 saturated heterocycles. The van der Waals surface area contributed by atoms with Gasteiger partial charge in [-0.15, -0.1) is 0 Å². The Hall–Kier alpha value is -1.63. The molecule has 1 N–H and O–H groups in total. The highest BCUT2D eigenvalue weighted by Gasteiger charge is 2.44. The predicted molar refractivity (Wildman–Crippen MR) is 51.7 cm³/mol. The lowest BCUT2D eigenvalue weighted by atomic mass is 10.1. The second-order valence-electron chi connectivity index (χ2n) is 3.57. The molecule has 0 radical (unpaired) electrons. The van der Waals surface area contributed by atoms with Gasteiger partial charge in [-0.05, 0) is 24.6 Å². The maximum Gasteiger partial charge on any atom is 0.437 e. The lowest BCUT2D eigenvalue weighted by molar-refractivity contribution is -0.220. The van der Waals surface area contributed by atoms with Gasteiger partial charge in [0.2, 0.25) is 0 Å². The van der Waals surface area contributed by atoms with Crippen molar-refractivity contribution in [3.63, 3.8) is 0 Å². The molecular formula is C10H8F4N2O. The van der Waals surface area contributed by atoms with Crippen LogP contribution in [0.15, 0.2) is 23.2 Å². The van der Waals surface area contributed by atoms with Crippen molar-refractivity contribution in [1.82, 2.24) is 5.48 Å². The number of alkyl halides is 3. The molecule has 0 saturated carbocycles. The molecule has 1 atom stereocenters. The number of hydrogen-bond donors (Lipinski definition) is 1. The number of rotatable bonds is 1. The van der Waals surface area contributed by atoms with Crippen molar-refractivity contribution in [2.45, 2.75) is 19.3 Å². The van der Waals surface area contributed by atoms with E-state index < -0.39 is 18.2 Å². The molecule has 0 spiro atoms. The van der Waals surface area contributed by atoms with Crippen molar-refractivity contribution in [1.29, 1.82) is 0 Å². The Labute approximate surface area is 94.1 Å². The Kier molecular flexibility index (Phi) is 2.78. The summed E-state index contributed by atoms with van der Waals surface area (Å²) < 4.78 is 50.2. The number of benzene rings is 1. The van der Waals surface area contributed by atoms with Gasteiger partial charge in [0.15, 0.2) is 5.84 Å². The van der Waals surface area contributed by atoms with Gasteiger partial charge in [-0.3, -0.25) is 0 Å². The van der Waals surface area contributed by atoms with Gasteiger partial charge >= 0.3 is 6.18 Å². The first-order chi connectivity index (χ1) is 7.88. The van der Waals surface area contributed by atoms with Crippen molar-refractivity contribution in [2.24, 2.45) is 4.99 Å². The highest BCUT2D eigenvalue weighted by atomic mass is 19.4. The molecule has 0 amide bonds. The van der Waals surface area contributed by atoms with Crippen LogP contribution in [-0.2, 0) is 4.84 Å². The second kappa shape index (κ2) is 3.99. The van der Waals surface area contributed by atoms with E-state index in [9.17, 15) is 17.6 Å². The van der Waals surface area contributed by atoms with Gasteiger partial charge in [0.25, 0.3) is 6.23 Å². The fourth-order valence-corrected chi connectivity index (χ4v) is 1.36. The van der Waals surface area contributed by atoms with E-state index >= 15 is 0 Å². The molecule has 7 heteroatoms. The van der Waals surface area contributed by atoms with E-state index in [1.165, 1.54) is 12.1 Å². The van der Waals surface area contributed by atoms with Crippen molar-refractivity contribution in [3.8, 4) is 0 Å². The van der Waals surface area contributed by atoms with E-state index in [1.807, 2.05) is 5.48 Å². The zero-order chi connectivity index (χ0) is 12.6. The van der Waals surface area contributed by atoms with Crippen molar-refractivity contribution < 1.29 is 22.4 Å². The van der Waals surface area contributed by atoms with Crippen LogP contribution < -0.4 is 5.48 Å². The van der Waals surface area contributed by atoms with Crippen LogP contribution in [0.1, 0.15) is 11.1 Å². The Morgan fingerprint density at radius 2 is 2.06 bits per heavy atom. The Balaban J connectivity index is 2.30. The molecule has 17 heavy (non-hydrogen) atoms. The summed E-state index contributed by atoms with van der Waals surface area (Å²) in [5, 5.41) is 0. The monoisotopic (exact) mass is 248 g/mol. The quantitative estimate of drug-likeness (QED) is 0.774. The molecule has 1 aromatic rings. The number of nitrogens with zero attached hydrogens (tertiary/aromatic N) is 1. The normalized spacial score (nSPS) is 20.1. The number of aliphatic imine (C=N–C) groups is 1. The van der Waals surface area contributed by atoms with Crippen molar-refractivity contribution in [2.75, 3.05) is 0 Å². The molecular weight excluding hydrogens is 240 g/mol. The average Bonchev–Trinajstić information content (AvgIpc) is 2.65. The third-order valence-electron chi connectivity index (χ3n) is 2.17. The minimum absolute atomic E-state index is 0.0534. The third kappa shape index (κ3) is 2.38. The maximum absolute atomic E-state index is 13.5. The van der Waals surface area contributed by atoms with Crippen LogP contribution in [0.5, 0.6) is 0 Å². The molecule has 3 nitrogen and oxygen atoms in total. The van der Waals surface area contributed by atoms with Crippen LogP contribution in [-0.4, -0.2) is 18.2 Å². The predicted octanol–water partition coefficient (Wildman–Crippen LogP) is 2.30. The average molecular weight is 248 g/mol.